The molecule has 30 heavy (non-hydrogen) atoms. The number of hydrogen-bond donors (Lipinski definition) is 3. The molecule has 3 N–H and O–H groups in total. The van der Waals surface area contributed by atoms with Gasteiger partial charge in [-0.1, -0.05) is 30.3 Å². The molecule has 8 heteroatoms. The van der Waals surface area contributed by atoms with Gasteiger partial charge >= 0.3 is 0 Å². The highest BCUT2D eigenvalue weighted by Gasteiger charge is 2.21. The van der Waals surface area contributed by atoms with E-state index >= 15 is 0 Å². The van der Waals surface area contributed by atoms with Gasteiger partial charge in [0.25, 0.3) is 0 Å². The van der Waals surface area contributed by atoms with Crippen LogP contribution in [0.25, 0.3) is 11.3 Å². The SMILES string of the molecule is CCNC(=O)CNC(Cc1ccccc1)C(=O)Nc1cc(-c2ccncc2)nn1C. The smallest absolute Gasteiger partial charge is 0.243 e. The standard InChI is InChI=1S/C22H26N6O2/c1-3-24-21(29)15-25-19(13-16-7-5-4-6-8-16)22(30)26-20-14-18(27-28(20)2)17-9-11-23-12-10-17/h4-12,14,19,25H,3,13,15H2,1-2H3,(H,24,29)(H,26,30). The monoisotopic (exact) mass is 406 g/mol. The third-order valence-electron chi connectivity index (χ3n) is 4.59. The summed E-state index contributed by atoms with van der Waals surface area (Å²) in [6.45, 7) is 2.46. The van der Waals surface area contributed by atoms with Crippen LogP contribution in [0.1, 0.15) is 12.5 Å². The number of rotatable bonds is 9. The van der Waals surface area contributed by atoms with Crippen LogP contribution in [0, 0.1) is 0 Å². The molecule has 2 heterocycles. The second-order valence-electron chi connectivity index (χ2n) is 6.84. The van der Waals surface area contributed by atoms with Crippen molar-refractivity contribution in [3.63, 3.8) is 0 Å². The number of pyridine rings is 1. The van der Waals surface area contributed by atoms with Gasteiger partial charge in [0.2, 0.25) is 11.8 Å². The molecule has 1 unspecified atom stereocenters. The average molecular weight is 406 g/mol. The van der Waals surface area contributed by atoms with Crippen molar-refractivity contribution < 1.29 is 9.59 Å². The lowest BCUT2D eigenvalue weighted by Crippen LogP contribution is -2.46. The fraction of sp³-hybridized carbons (Fsp3) is 0.273. The Morgan fingerprint density at radius 1 is 1.10 bits per heavy atom. The van der Waals surface area contributed by atoms with Crippen LogP contribution in [0.3, 0.4) is 0 Å². The van der Waals surface area contributed by atoms with Gasteiger partial charge < -0.3 is 10.6 Å². The summed E-state index contributed by atoms with van der Waals surface area (Å²) in [6, 6.07) is 14.7. The van der Waals surface area contributed by atoms with Crippen LogP contribution < -0.4 is 16.0 Å². The van der Waals surface area contributed by atoms with Crippen molar-refractivity contribution in [2.24, 2.45) is 7.05 Å². The van der Waals surface area contributed by atoms with E-state index in [1.165, 1.54) is 0 Å². The maximum absolute atomic E-state index is 13.0. The van der Waals surface area contributed by atoms with Crippen LogP contribution in [0.4, 0.5) is 5.82 Å². The lowest BCUT2D eigenvalue weighted by molar-refractivity contribution is -0.121. The van der Waals surface area contributed by atoms with Crippen LogP contribution in [-0.4, -0.2) is 45.7 Å². The molecule has 1 atom stereocenters. The van der Waals surface area contributed by atoms with Gasteiger partial charge in [-0.15, -0.1) is 0 Å². The van der Waals surface area contributed by atoms with E-state index in [0.29, 0.717) is 18.8 Å². The van der Waals surface area contributed by atoms with Crippen LogP contribution >= 0.6 is 0 Å². The maximum atomic E-state index is 13.0. The Hall–Kier alpha value is -3.52. The highest BCUT2D eigenvalue weighted by molar-refractivity contribution is 5.95. The topological polar surface area (TPSA) is 101 Å². The molecule has 3 rings (SSSR count). The summed E-state index contributed by atoms with van der Waals surface area (Å²) in [4.78, 5) is 28.9. The van der Waals surface area contributed by atoms with Gasteiger partial charge in [0.15, 0.2) is 0 Å². The zero-order valence-corrected chi connectivity index (χ0v) is 17.1. The second-order valence-corrected chi connectivity index (χ2v) is 6.84. The highest BCUT2D eigenvalue weighted by Crippen LogP contribution is 2.20. The lowest BCUT2D eigenvalue weighted by Gasteiger charge is -2.18. The molecule has 2 amide bonds. The Labute approximate surface area is 175 Å². The molecule has 0 aliphatic heterocycles. The molecule has 156 valence electrons. The molecule has 0 aliphatic rings. The Kier molecular flexibility index (Phi) is 7.29. The summed E-state index contributed by atoms with van der Waals surface area (Å²) in [6.07, 6.45) is 3.86. The first-order valence-electron chi connectivity index (χ1n) is 9.86. The molecular formula is C22H26N6O2. The van der Waals surface area contributed by atoms with Gasteiger partial charge in [0.05, 0.1) is 18.3 Å². The van der Waals surface area contributed by atoms with Crippen molar-refractivity contribution in [3.05, 3.63) is 66.5 Å². The van der Waals surface area contributed by atoms with Crippen LogP contribution in [-0.2, 0) is 23.1 Å². The summed E-state index contributed by atoms with van der Waals surface area (Å²) < 4.78 is 1.62. The highest BCUT2D eigenvalue weighted by atomic mass is 16.2. The maximum Gasteiger partial charge on any atom is 0.243 e. The van der Waals surface area contributed by atoms with E-state index < -0.39 is 6.04 Å². The zero-order valence-electron chi connectivity index (χ0n) is 17.1. The van der Waals surface area contributed by atoms with E-state index in [1.54, 1.807) is 24.1 Å². The number of aromatic nitrogens is 3. The number of carbonyl (C=O) groups is 2. The summed E-state index contributed by atoms with van der Waals surface area (Å²) in [7, 11) is 1.77. The normalized spacial score (nSPS) is 11.7. The Morgan fingerprint density at radius 2 is 1.83 bits per heavy atom. The molecule has 0 fully saturated rings. The van der Waals surface area contributed by atoms with Gasteiger partial charge in [-0.05, 0) is 31.0 Å². The third-order valence-corrected chi connectivity index (χ3v) is 4.59. The van der Waals surface area contributed by atoms with E-state index in [4.69, 9.17) is 0 Å². The van der Waals surface area contributed by atoms with Crippen LogP contribution in [0.2, 0.25) is 0 Å². The molecule has 0 radical (unpaired) electrons. The summed E-state index contributed by atoms with van der Waals surface area (Å²) in [5.41, 5.74) is 2.66. The quantitative estimate of drug-likeness (QED) is 0.503. The van der Waals surface area contributed by atoms with E-state index in [2.05, 4.69) is 26.0 Å². The van der Waals surface area contributed by atoms with E-state index in [0.717, 1.165) is 16.8 Å². The van der Waals surface area contributed by atoms with Gasteiger partial charge in [-0.25, -0.2) is 0 Å². The van der Waals surface area contributed by atoms with Crippen molar-refractivity contribution in [2.45, 2.75) is 19.4 Å². The largest absolute Gasteiger partial charge is 0.355 e. The predicted octanol–water partition coefficient (Wildman–Crippen LogP) is 1.76. The van der Waals surface area contributed by atoms with Crippen molar-refractivity contribution >= 4 is 17.6 Å². The molecule has 0 aliphatic carbocycles. The number of benzene rings is 1. The first kappa shape index (κ1) is 21.2. The fourth-order valence-corrected chi connectivity index (χ4v) is 3.04. The first-order valence-corrected chi connectivity index (χ1v) is 9.86. The van der Waals surface area contributed by atoms with E-state index in [1.807, 2.05) is 55.5 Å². The van der Waals surface area contributed by atoms with Crippen LogP contribution in [0.15, 0.2) is 60.9 Å². The molecule has 0 bridgehead atoms. The number of aryl methyl sites for hydroxylation is 1. The fourth-order valence-electron chi connectivity index (χ4n) is 3.04. The molecule has 0 saturated carbocycles. The molecule has 8 nitrogen and oxygen atoms in total. The molecule has 0 saturated heterocycles. The number of amides is 2. The Balaban J connectivity index is 1.73. The number of anilines is 1. The van der Waals surface area contributed by atoms with E-state index in [-0.39, 0.29) is 18.4 Å². The van der Waals surface area contributed by atoms with Crippen molar-refractivity contribution in [2.75, 3.05) is 18.4 Å². The average Bonchev–Trinajstić information content (AvgIpc) is 3.13. The minimum Gasteiger partial charge on any atom is -0.355 e. The predicted molar refractivity (Wildman–Crippen MR) is 116 cm³/mol. The van der Waals surface area contributed by atoms with E-state index in [9.17, 15) is 9.59 Å². The number of carbonyl (C=O) groups excluding carboxylic acids is 2. The molecular weight excluding hydrogens is 380 g/mol. The summed E-state index contributed by atoms with van der Waals surface area (Å²) in [5, 5.41) is 13.2. The number of nitrogens with zero attached hydrogens (tertiary/aromatic N) is 3. The zero-order chi connectivity index (χ0) is 21.3. The van der Waals surface area contributed by atoms with Gasteiger partial charge in [0.1, 0.15) is 5.82 Å². The number of likely N-dealkylation sites (N-methyl/N-ethyl adjacent to an activating group) is 1. The first-order chi connectivity index (χ1) is 14.6. The van der Waals surface area contributed by atoms with Crippen molar-refractivity contribution in [1.29, 1.82) is 0 Å². The third kappa shape index (κ3) is 5.74. The Bertz CT molecular complexity index is 972. The van der Waals surface area contributed by atoms with Gasteiger partial charge in [0, 0.05) is 37.6 Å². The minimum atomic E-state index is -0.575. The minimum absolute atomic E-state index is 0.0619. The second kappa shape index (κ2) is 10.3. The molecule has 1 aromatic carbocycles. The molecule has 0 spiro atoms. The Morgan fingerprint density at radius 3 is 2.53 bits per heavy atom. The number of hydrogen-bond acceptors (Lipinski definition) is 5. The number of nitrogens with one attached hydrogen (secondary N) is 3. The van der Waals surface area contributed by atoms with Crippen molar-refractivity contribution in [1.82, 2.24) is 25.4 Å². The van der Waals surface area contributed by atoms with Gasteiger partial charge in [-0.2, -0.15) is 5.10 Å². The van der Waals surface area contributed by atoms with Gasteiger partial charge in [-0.3, -0.25) is 24.6 Å². The molecule has 2 aromatic heterocycles. The van der Waals surface area contributed by atoms with Crippen LogP contribution in [0.5, 0.6) is 0 Å². The van der Waals surface area contributed by atoms with Crippen molar-refractivity contribution in [3.8, 4) is 11.3 Å². The summed E-state index contributed by atoms with van der Waals surface area (Å²) in [5.74, 6) is 0.195. The summed E-state index contributed by atoms with van der Waals surface area (Å²) >= 11 is 0. The lowest BCUT2D eigenvalue weighted by atomic mass is 10.1. The molecule has 3 aromatic rings.